The molecule has 2 aromatic rings. The van der Waals surface area contributed by atoms with Crippen molar-refractivity contribution in [2.75, 3.05) is 12.0 Å². The van der Waals surface area contributed by atoms with Crippen molar-refractivity contribution in [3.05, 3.63) is 53.6 Å². The summed E-state index contributed by atoms with van der Waals surface area (Å²) in [5.41, 5.74) is 4.47. The van der Waals surface area contributed by atoms with Gasteiger partial charge in [0.2, 0.25) is 0 Å². The Morgan fingerprint density at radius 2 is 1.48 bits per heavy atom. The molecule has 0 saturated carbocycles. The molecular weight excluding hydrogens is 284 g/mol. The van der Waals surface area contributed by atoms with Gasteiger partial charge >= 0.3 is 0 Å². The maximum Gasteiger partial charge on any atom is 0.142 e. The fourth-order valence-electron chi connectivity index (χ4n) is 2.87. The number of hydrogen-bond acceptors (Lipinski definition) is 2. The van der Waals surface area contributed by atoms with Crippen molar-refractivity contribution in [2.45, 2.75) is 39.5 Å². The molecule has 0 radical (unpaired) electrons. The monoisotopic (exact) mass is 310 g/mol. The molecule has 3 heteroatoms. The van der Waals surface area contributed by atoms with E-state index in [4.69, 9.17) is 10.1 Å². The first-order valence-corrected chi connectivity index (χ1v) is 8.06. The Morgan fingerprint density at radius 3 is 1.96 bits per heavy atom. The lowest BCUT2D eigenvalue weighted by Gasteiger charge is -2.29. The van der Waals surface area contributed by atoms with Crippen molar-refractivity contribution in [3.8, 4) is 5.75 Å². The SMILES string of the molecule is COc1ccccc1N(C=N)c1c(C(C)C)cccc1C(C)C. The quantitative estimate of drug-likeness (QED) is 0.550. The van der Waals surface area contributed by atoms with E-state index < -0.39 is 0 Å². The van der Waals surface area contributed by atoms with Crippen LogP contribution in [-0.4, -0.2) is 13.4 Å². The molecule has 0 aliphatic carbocycles. The van der Waals surface area contributed by atoms with Gasteiger partial charge in [0.25, 0.3) is 0 Å². The Labute approximate surface area is 139 Å². The van der Waals surface area contributed by atoms with Gasteiger partial charge in [0.1, 0.15) is 5.75 Å². The number of nitrogens with zero attached hydrogens (tertiary/aromatic N) is 1. The second-order valence-electron chi connectivity index (χ2n) is 6.27. The number of ether oxygens (including phenoxy) is 1. The van der Waals surface area contributed by atoms with Gasteiger partial charge < -0.3 is 4.74 Å². The second kappa shape index (κ2) is 7.32. The highest BCUT2D eigenvalue weighted by Crippen LogP contribution is 2.40. The van der Waals surface area contributed by atoms with Crippen molar-refractivity contribution in [1.29, 1.82) is 5.41 Å². The standard InChI is InChI=1S/C20H26N2O/c1-14(2)16-9-8-10-17(15(3)4)20(16)22(13-21)18-11-6-7-12-19(18)23-5/h6-15,21H,1-5H3. The Bertz CT molecular complexity index is 651. The molecule has 0 heterocycles. The molecule has 0 saturated heterocycles. The number of benzene rings is 2. The molecule has 2 aromatic carbocycles. The summed E-state index contributed by atoms with van der Waals surface area (Å²) in [6.45, 7) is 8.75. The minimum atomic E-state index is 0.376. The third kappa shape index (κ3) is 3.39. The van der Waals surface area contributed by atoms with Crippen LogP contribution in [0.15, 0.2) is 42.5 Å². The van der Waals surface area contributed by atoms with Gasteiger partial charge in [-0.3, -0.25) is 10.3 Å². The summed E-state index contributed by atoms with van der Waals surface area (Å²) in [5, 5.41) is 8.03. The van der Waals surface area contributed by atoms with Crippen LogP contribution < -0.4 is 9.64 Å². The fraction of sp³-hybridized carbons (Fsp3) is 0.350. The minimum absolute atomic E-state index is 0.376. The summed E-state index contributed by atoms with van der Waals surface area (Å²) < 4.78 is 5.51. The van der Waals surface area contributed by atoms with Gasteiger partial charge in [-0.05, 0) is 35.1 Å². The van der Waals surface area contributed by atoms with Crippen molar-refractivity contribution >= 4 is 17.7 Å². The molecule has 2 rings (SSSR count). The highest BCUT2D eigenvalue weighted by Gasteiger charge is 2.21. The molecule has 23 heavy (non-hydrogen) atoms. The van der Waals surface area contributed by atoms with E-state index in [2.05, 4.69) is 45.9 Å². The molecule has 0 fully saturated rings. The van der Waals surface area contributed by atoms with E-state index in [9.17, 15) is 0 Å². The molecule has 0 aromatic heterocycles. The summed E-state index contributed by atoms with van der Waals surface area (Å²) in [5.74, 6) is 1.52. The van der Waals surface area contributed by atoms with E-state index in [1.54, 1.807) is 7.11 Å². The molecule has 0 aliphatic heterocycles. The summed E-state index contributed by atoms with van der Waals surface area (Å²) in [6.07, 6.45) is 1.38. The maximum absolute atomic E-state index is 8.03. The summed E-state index contributed by atoms with van der Waals surface area (Å²) in [6, 6.07) is 14.3. The number of rotatable bonds is 6. The van der Waals surface area contributed by atoms with Crippen molar-refractivity contribution in [2.24, 2.45) is 0 Å². The second-order valence-corrected chi connectivity index (χ2v) is 6.27. The predicted octanol–water partition coefficient (Wildman–Crippen LogP) is 5.69. The number of para-hydroxylation sites is 3. The van der Waals surface area contributed by atoms with Gasteiger partial charge in [-0.2, -0.15) is 0 Å². The zero-order chi connectivity index (χ0) is 17.0. The van der Waals surface area contributed by atoms with E-state index in [1.807, 2.05) is 29.2 Å². The lowest BCUT2D eigenvalue weighted by atomic mass is 9.91. The third-order valence-electron chi connectivity index (χ3n) is 4.06. The highest BCUT2D eigenvalue weighted by molar-refractivity contribution is 5.92. The number of anilines is 2. The van der Waals surface area contributed by atoms with Crippen molar-refractivity contribution in [1.82, 2.24) is 0 Å². The Hall–Kier alpha value is -2.29. The van der Waals surface area contributed by atoms with E-state index in [0.29, 0.717) is 11.8 Å². The predicted molar refractivity (Wildman–Crippen MR) is 98.5 cm³/mol. The van der Waals surface area contributed by atoms with Gasteiger partial charge in [0.15, 0.2) is 0 Å². The van der Waals surface area contributed by atoms with Crippen LogP contribution in [0.2, 0.25) is 0 Å². The van der Waals surface area contributed by atoms with Crippen molar-refractivity contribution < 1.29 is 4.74 Å². The molecule has 0 aliphatic rings. The number of nitrogens with one attached hydrogen (secondary N) is 1. The van der Waals surface area contributed by atoms with Gasteiger partial charge in [-0.1, -0.05) is 58.0 Å². The van der Waals surface area contributed by atoms with E-state index in [-0.39, 0.29) is 0 Å². The topological polar surface area (TPSA) is 36.3 Å². The Morgan fingerprint density at radius 1 is 0.913 bits per heavy atom. The van der Waals surface area contributed by atoms with Crippen LogP contribution in [0.5, 0.6) is 5.75 Å². The zero-order valence-electron chi connectivity index (χ0n) is 14.6. The first-order valence-electron chi connectivity index (χ1n) is 8.06. The molecular formula is C20H26N2O. The highest BCUT2D eigenvalue weighted by atomic mass is 16.5. The van der Waals surface area contributed by atoms with Crippen LogP contribution >= 0.6 is 0 Å². The Kier molecular flexibility index (Phi) is 5.43. The molecule has 0 bridgehead atoms. The van der Waals surface area contributed by atoms with Crippen molar-refractivity contribution in [3.63, 3.8) is 0 Å². The molecule has 122 valence electrons. The van der Waals surface area contributed by atoms with Crippen LogP contribution in [0.3, 0.4) is 0 Å². The van der Waals surface area contributed by atoms with Gasteiger partial charge in [0, 0.05) is 0 Å². The van der Waals surface area contributed by atoms with E-state index >= 15 is 0 Å². The average Bonchev–Trinajstić information content (AvgIpc) is 2.55. The lowest BCUT2D eigenvalue weighted by Crippen LogP contribution is -2.19. The molecule has 0 unspecified atom stereocenters. The van der Waals surface area contributed by atoms with E-state index in [0.717, 1.165) is 17.1 Å². The van der Waals surface area contributed by atoms with Gasteiger partial charge in [0.05, 0.1) is 24.8 Å². The molecule has 0 spiro atoms. The van der Waals surface area contributed by atoms with E-state index in [1.165, 1.54) is 17.5 Å². The van der Waals surface area contributed by atoms with Crippen LogP contribution in [0.1, 0.15) is 50.7 Å². The summed E-state index contributed by atoms with van der Waals surface area (Å²) in [4.78, 5) is 1.93. The average molecular weight is 310 g/mol. The van der Waals surface area contributed by atoms with Crippen LogP contribution in [0, 0.1) is 5.41 Å². The largest absolute Gasteiger partial charge is 0.495 e. The minimum Gasteiger partial charge on any atom is -0.495 e. The van der Waals surface area contributed by atoms with Crippen LogP contribution in [0.4, 0.5) is 11.4 Å². The summed E-state index contributed by atoms with van der Waals surface area (Å²) in [7, 11) is 1.67. The first-order chi connectivity index (χ1) is 11.0. The van der Waals surface area contributed by atoms with Gasteiger partial charge in [-0.25, -0.2) is 0 Å². The number of methoxy groups -OCH3 is 1. The summed E-state index contributed by atoms with van der Waals surface area (Å²) >= 11 is 0. The smallest absolute Gasteiger partial charge is 0.142 e. The molecule has 1 N–H and O–H groups in total. The third-order valence-corrected chi connectivity index (χ3v) is 4.06. The molecule has 3 nitrogen and oxygen atoms in total. The number of hydrogen-bond donors (Lipinski definition) is 1. The van der Waals surface area contributed by atoms with Gasteiger partial charge in [-0.15, -0.1) is 0 Å². The zero-order valence-corrected chi connectivity index (χ0v) is 14.6. The maximum atomic E-state index is 8.03. The normalized spacial score (nSPS) is 10.9. The fourth-order valence-corrected chi connectivity index (χ4v) is 2.87. The Balaban J connectivity index is 2.72. The molecule has 0 atom stereocenters. The van der Waals surface area contributed by atoms with Crippen LogP contribution in [0.25, 0.3) is 0 Å². The first kappa shape index (κ1) is 17.1. The lowest BCUT2D eigenvalue weighted by molar-refractivity contribution is 0.416. The molecule has 0 amide bonds. The van der Waals surface area contributed by atoms with Crippen LogP contribution in [-0.2, 0) is 0 Å².